The fraction of sp³-hybridized carbons (Fsp3) is 0.667. The standard InChI is InChI=1S/C11H15F.C3H8.2C2H6/c1-4-8(2)11-9(3)6-5-7-10(11)12;1-3-2;2*1-2/h5-8H,4H2,1-3H3;3H2,1-2H3;2*1-2H3. The highest BCUT2D eigenvalue weighted by molar-refractivity contribution is 5.30. The average Bonchev–Trinajstić information content (AvgIpc) is 2.43. The molecule has 0 aliphatic carbocycles. The van der Waals surface area contributed by atoms with Crippen LogP contribution in [-0.4, -0.2) is 0 Å². The Bertz CT molecular complexity index is 259. The summed E-state index contributed by atoms with van der Waals surface area (Å²) < 4.78 is 13.3. The largest absolute Gasteiger partial charge is 0.207 e. The number of hydrogen-bond acceptors (Lipinski definition) is 0. The minimum absolute atomic E-state index is 0.0654. The van der Waals surface area contributed by atoms with E-state index in [1.807, 2.05) is 40.7 Å². The lowest BCUT2D eigenvalue weighted by Crippen LogP contribution is -1.98. The number of aryl methyl sites for hydroxylation is 1. The van der Waals surface area contributed by atoms with E-state index in [0.29, 0.717) is 5.92 Å². The molecular formula is C18H35F. The van der Waals surface area contributed by atoms with Crippen molar-refractivity contribution in [3.8, 4) is 0 Å². The van der Waals surface area contributed by atoms with Gasteiger partial charge >= 0.3 is 0 Å². The second-order valence-electron chi connectivity index (χ2n) is 3.99. The average molecular weight is 270 g/mol. The van der Waals surface area contributed by atoms with Crippen molar-refractivity contribution in [2.24, 2.45) is 0 Å². The van der Waals surface area contributed by atoms with E-state index in [0.717, 1.165) is 17.5 Å². The zero-order valence-corrected chi connectivity index (χ0v) is 14.6. The number of hydrogen-bond donors (Lipinski definition) is 0. The highest BCUT2D eigenvalue weighted by Crippen LogP contribution is 2.24. The Balaban J connectivity index is -0.000000313. The van der Waals surface area contributed by atoms with Gasteiger partial charge in [0.1, 0.15) is 5.82 Å². The van der Waals surface area contributed by atoms with Crippen molar-refractivity contribution in [1.82, 2.24) is 0 Å². The molecule has 0 nitrogen and oxygen atoms in total. The topological polar surface area (TPSA) is 0 Å². The molecule has 1 aromatic carbocycles. The van der Waals surface area contributed by atoms with Gasteiger partial charge in [-0.05, 0) is 36.5 Å². The Hall–Kier alpha value is -0.850. The van der Waals surface area contributed by atoms with Crippen LogP contribution in [0.1, 0.15) is 85.3 Å². The zero-order chi connectivity index (χ0) is 15.8. The van der Waals surface area contributed by atoms with Crippen molar-refractivity contribution in [3.05, 3.63) is 35.1 Å². The van der Waals surface area contributed by atoms with E-state index in [-0.39, 0.29) is 5.82 Å². The van der Waals surface area contributed by atoms with Crippen LogP contribution >= 0.6 is 0 Å². The highest BCUT2D eigenvalue weighted by atomic mass is 19.1. The van der Waals surface area contributed by atoms with E-state index < -0.39 is 0 Å². The summed E-state index contributed by atoms with van der Waals surface area (Å²) in [5.41, 5.74) is 1.93. The molecule has 19 heavy (non-hydrogen) atoms. The molecule has 0 bridgehead atoms. The van der Waals surface area contributed by atoms with Crippen molar-refractivity contribution in [2.75, 3.05) is 0 Å². The molecule has 0 radical (unpaired) electrons. The first-order chi connectivity index (χ1) is 9.08. The summed E-state index contributed by atoms with van der Waals surface area (Å²) in [5.74, 6) is 0.260. The van der Waals surface area contributed by atoms with E-state index >= 15 is 0 Å². The van der Waals surface area contributed by atoms with Crippen molar-refractivity contribution >= 4 is 0 Å². The third kappa shape index (κ3) is 10.7. The summed E-state index contributed by atoms with van der Waals surface area (Å²) in [6.45, 7) is 18.4. The molecule has 1 atom stereocenters. The maximum absolute atomic E-state index is 13.3. The Morgan fingerprint density at radius 1 is 1.00 bits per heavy atom. The molecule has 1 rings (SSSR count). The van der Waals surface area contributed by atoms with Crippen LogP contribution in [0.25, 0.3) is 0 Å². The van der Waals surface area contributed by atoms with Gasteiger partial charge in [0.25, 0.3) is 0 Å². The van der Waals surface area contributed by atoms with Crippen molar-refractivity contribution in [2.45, 2.75) is 81.1 Å². The molecule has 0 amide bonds. The molecule has 0 saturated carbocycles. The first kappa shape index (κ1) is 23.3. The van der Waals surface area contributed by atoms with Crippen LogP contribution < -0.4 is 0 Å². The van der Waals surface area contributed by atoms with Gasteiger partial charge in [0.2, 0.25) is 0 Å². The Kier molecular flexibility index (Phi) is 21.0. The highest BCUT2D eigenvalue weighted by Gasteiger charge is 2.10. The van der Waals surface area contributed by atoms with Crippen LogP contribution in [0.5, 0.6) is 0 Å². The van der Waals surface area contributed by atoms with E-state index in [9.17, 15) is 4.39 Å². The molecular weight excluding hydrogens is 235 g/mol. The van der Waals surface area contributed by atoms with Crippen molar-refractivity contribution in [3.63, 3.8) is 0 Å². The lowest BCUT2D eigenvalue weighted by Gasteiger charge is -2.12. The molecule has 0 heterocycles. The second-order valence-corrected chi connectivity index (χ2v) is 3.99. The summed E-state index contributed by atoms with van der Waals surface area (Å²) in [7, 11) is 0. The first-order valence-electron chi connectivity index (χ1n) is 7.83. The SMILES string of the molecule is CC.CC.CCC.CCC(C)c1c(C)cccc1F. The van der Waals surface area contributed by atoms with Crippen molar-refractivity contribution < 1.29 is 4.39 Å². The van der Waals surface area contributed by atoms with Crippen LogP contribution in [0.4, 0.5) is 4.39 Å². The molecule has 0 spiro atoms. The maximum Gasteiger partial charge on any atom is 0.126 e. The Labute approximate surface area is 121 Å². The molecule has 0 saturated heterocycles. The molecule has 0 aliphatic heterocycles. The Morgan fingerprint density at radius 3 is 1.74 bits per heavy atom. The van der Waals surface area contributed by atoms with Crippen LogP contribution in [0.15, 0.2) is 18.2 Å². The van der Waals surface area contributed by atoms with E-state index in [1.54, 1.807) is 6.07 Å². The minimum Gasteiger partial charge on any atom is -0.207 e. The van der Waals surface area contributed by atoms with Gasteiger partial charge in [-0.2, -0.15) is 0 Å². The predicted octanol–water partition coefficient (Wildman–Crippen LogP) is 7.12. The smallest absolute Gasteiger partial charge is 0.126 e. The monoisotopic (exact) mass is 270 g/mol. The molecule has 0 N–H and O–H groups in total. The van der Waals surface area contributed by atoms with Gasteiger partial charge in [-0.25, -0.2) is 4.39 Å². The maximum atomic E-state index is 13.3. The van der Waals surface area contributed by atoms with Gasteiger partial charge in [0, 0.05) is 0 Å². The first-order valence-corrected chi connectivity index (χ1v) is 7.83. The molecule has 0 aromatic heterocycles. The summed E-state index contributed by atoms with van der Waals surface area (Å²) in [6, 6.07) is 5.26. The quantitative estimate of drug-likeness (QED) is 0.537. The Morgan fingerprint density at radius 2 is 1.42 bits per heavy atom. The third-order valence-corrected chi connectivity index (χ3v) is 2.38. The fourth-order valence-corrected chi connectivity index (χ4v) is 1.47. The summed E-state index contributed by atoms with van der Waals surface area (Å²) >= 11 is 0. The van der Waals surface area contributed by atoms with Crippen molar-refractivity contribution in [1.29, 1.82) is 0 Å². The molecule has 0 fully saturated rings. The lowest BCUT2D eigenvalue weighted by atomic mass is 9.94. The van der Waals surface area contributed by atoms with Gasteiger partial charge in [0.15, 0.2) is 0 Å². The van der Waals surface area contributed by atoms with Gasteiger partial charge in [-0.1, -0.05) is 73.9 Å². The number of benzene rings is 1. The van der Waals surface area contributed by atoms with Gasteiger partial charge < -0.3 is 0 Å². The van der Waals surface area contributed by atoms with Crippen LogP contribution in [0.3, 0.4) is 0 Å². The minimum atomic E-state index is -0.0654. The third-order valence-electron chi connectivity index (χ3n) is 2.38. The number of rotatable bonds is 2. The predicted molar refractivity (Wildman–Crippen MR) is 88.5 cm³/mol. The van der Waals surface area contributed by atoms with E-state index in [2.05, 4.69) is 27.7 Å². The lowest BCUT2D eigenvalue weighted by molar-refractivity contribution is 0.581. The fourth-order valence-electron chi connectivity index (χ4n) is 1.47. The summed E-state index contributed by atoms with van der Waals surface area (Å²) in [6.07, 6.45) is 2.24. The normalized spacial score (nSPS) is 9.79. The van der Waals surface area contributed by atoms with Gasteiger partial charge in [0.05, 0.1) is 0 Å². The van der Waals surface area contributed by atoms with Crippen LogP contribution in [0, 0.1) is 12.7 Å². The summed E-state index contributed by atoms with van der Waals surface area (Å²) in [5, 5.41) is 0. The number of halogens is 1. The molecule has 0 aliphatic rings. The van der Waals surface area contributed by atoms with Gasteiger partial charge in [-0.3, -0.25) is 0 Å². The zero-order valence-electron chi connectivity index (χ0n) is 14.6. The van der Waals surface area contributed by atoms with Gasteiger partial charge in [-0.15, -0.1) is 0 Å². The summed E-state index contributed by atoms with van der Waals surface area (Å²) in [4.78, 5) is 0. The van der Waals surface area contributed by atoms with Crippen LogP contribution in [0.2, 0.25) is 0 Å². The second kappa shape index (κ2) is 17.2. The molecule has 1 heteroatoms. The van der Waals surface area contributed by atoms with Crippen LogP contribution in [-0.2, 0) is 0 Å². The molecule has 114 valence electrons. The molecule has 1 aromatic rings. The van der Waals surface area contributed by atoms with E-state index in [4.69, 9.17) is 0 Å². The molecule has 1 unspecified atom stereocenters. The van der Waals surface area contributed by atoms with E-state index in [1.165, 1.54) is 12.5 Å².